The van der Waals surface area contributed by atoms with Crippen molar-refractivity contribution in [3.05, 3.63) is 12.3 Å². The third kappa shape index (κ3) is 3.27. The van der Waals surface area contributed by atoms with Gasteiger partial charge in [0.05, 0.1) is 6.61 Å². The second-order valence-electron chi connectivity index (χ2n) is 3.17. The molecule has 1 heterocycles. The van der Waals surface area contributed by atoms with Crippen LogP contribution in [-0.2, 0) is 0 Å². The van der Waals surface area contributed by atoms with Crippen molar-refractivity contribution in [2.75, 3.05) is 19.0 Å². The Morgan fingerprint density at radius 3 is 2.92 bits per heavy atom. The maximum Gasteiger partial charge on any atom is 0.225 e. The lowest BCUT2D eigenvalue weighted by Gasteiger charge is -2.07. The fourth-order valence-corrected chi connectivity index (χ4v) is 0.795. The first-order valence-electron chi connectivity index (χ1n) is 4.36. The summed E-state index contributed by atoms with van der Waals surface area (Å²) < 4.78 is 5.42. The van der Waals surface area contributed by atoms with Crippen molar-refractivity contribution in [2.24, 2.45) is 5.92 Å². The van der Waals surface area contributed by atoms with Gasteiger partial charge in [0.2, 0.25) is 11.8 Å². The van der Waals surface area contributed by atoms with Crippen LogP contribution in [0.5, 0.6) is 5.88 Å². The third-order valence-electron chi connectivity index (χ3n) is 1.42. The van der Waals surface area contributed by atoms with E-state index in [0.717, 1.165) is 0 Å². The average molecular weight is 181 g/mol. The SMILES string of the molecule is CNc1nccc(OCC(C)C)n1. The number of hydrogen-bond acceptors (Lipinski definition) is 4. The summed E-state index contributed by atoms with van der Waals surface area (Å²) in [5, 5.41) is 2.85. The third-order valence-corrected chi connectivity index (χ3v) is 1.42. The zero-order valence-electron chi connectivity index (χ0n) is 8.24. The van der Waals surface area contributed by atoms with Crippen LogP contribution >= 0.6 is 0 Å². The topological polar surface area (TPSA) is 47.0 Å². The summed E-state index contributed by atoms with van der Waals surface area (Å²) in [7, 11) is 1.78. The smallest absolute Gasteiger partial charge is 0.225 e. The Morgan fingerprint density at radius 2 is 2.31 bits per heavy atom. The van der Waals surface area contributed by atoms with Gasteiger partial charge in [0, 0.05) is 19.3 Å². The molecular formula is C9H15N3O. The van der Waals surface area contributed by atoms with Crippen LogP contribution in [0.3, 0.4) is 0 Å². The van der Waals surface area contributed by atoms with Crippen molar-refractivity contribution in [3.8, 4) is 5.88 Å². The van der Waals surface area contributed by atoms with Crippen LogP contribution in [0, 0.1) is 5.92 Å². The van der Waals surface area contributed by atoms with Crippen molar-refractivity contribution >= 4 is 5.95 Å². The van der Waals surface area contributed by atoms with E-state index in [0.29, 0.717) is 24.4 Å². The minimum absolute atomic E-state index is 0.507. The number of nitrogens with zero attached hydrogens (tertiary/aromatic N) is 2. The molecule has 1 aromatic heterocycles. The summed E-state index contributed by atoms with van der Waals surface area (Å²) in [6, 6.07) is 1.75. The Hall–Kier alpha value is -1.32. The Morgan fingerprint density at radius 1 is 1.54 bits per heavy atom. The summed E-state index contributed by atoms with van der Waals surface area (Å²) in [4.78, 5) is 8.10. The molecule has 4 nitrogen and oxygen atoms in total. The lowest BCUT2D eigenvalue weighted by Crippen LogP contribution is -2.06. The molecule has 1 aromatic rings. The molecule has 4 heteroatoms. The molecule has 72 valence electrons. The molecular weight excluding hydrogens is 166 g/mol. The highest BCUT2D eigenvalue weighted by molar-refractivity contribution is 5.25. The van der Waals surface area contributed by atoms with Gasteiger partial charge in [-0.3, -0.25) is 0 Å². The van der Waals surface area contributed by atoms with Gasteiger partial charge in [0.25, 0.3) is 0 Å². The number of ether oxygens (including phenoxy) is 1. The van der Waals surface area contributed by atoms with E-state index in [4.69, 9.17) is 4.74 Å². The fraction of sp³-hybridized carbons (Fsp3) is 0.556. The van der Waals surface area contributed by atoms with E-state index in [2.05, 4.69) is 29.1 Å². The van der Waals surface area contributed by atoms with Gasteiger partial charge in [-0.25, -0.2) is 4.98 Å². The molecule has 0 atom stereocenters. The molecule has 0 spiro atoms. The van der Waals surface area contributed by atoms with Crippen LogP contribution in [0.2, 0.25) is 0 Å². The van der Waals surface area contributed by atoms with E-state index in [9.17, 15) is 0 Å². The van der Waals surface area contributed by atoms with Crippen LogP contribution in [-0.4, -0.2) is 23.6 Å². The van der Waals surface area contributed by atoms with E-state index < -0.39 is 0 Å². The van der Waals surface area contributed by atoms with E-state index in [1.807, 2.05) is 0 Å². The maximum atomic E-state index is 5.42. The highest BCUT2D eigenvalue weighted by Crippen LogP contribution is 2.08. The number of hydrogen-bond donors (Lipinski definition) is 1. The zero-order chi connectivity index (χ0) is 9.68. The standard InChI is InChI=1S/C9H15N3O/c1-7(2)6-13-8-4-5-11-9(10-3)12-8/h4-5,7H,6H2,1-3H3,(H,10,11,12). The summed E-state index contributed by atoms with van der Waals surface area (Å²) in [6.45, 7) is 4.88. The fourth-order valence-electron chi connectivity index (χ4n) is 0.795. The first-order chi connectivity index (χ1) is 6.22. The number of nitrogens with one attached hydrogen (secondary N) is 1. The van der Waals surface area contributed by atoms with Crippen molar-refractivity contribution < 1.29 is 4.74 Å². The molecule has 0 aliphatic carbocycles. The molecule has 13 heavy (non-hydrogen) atoms. The van der Waals surface area contributed by atoms with Crippen LogP contribution in [0.15, 0.2) is 12.3 Å². The highest BCUT2D eigenvalue weighted by atomic mass is 16.5. The van der Waals surface area contributed by atoms with Gasteiger partial charge in [-0.1, -0.05) is 13.8 Å². The van der Waals surface area contributed by atoms with Crippen LogP contribution < -0.4 is 10.1 Å². The molecule has 1 N–H and O–H groups in total. The maximum absolute atomic E-state index is 5.42. The van der Waals surface area contributed by atoms with E-state index in [-0.39, 0.29) is 0 Å². The van der Waals surface area contributed by atoms with Gasteiger partial charge in [0.1, 0.15) is 0 Å². The quantitative estimate of drug-likeness (QED) is 0.765. The summed E-state index contributed by atoms with van der Waals surface area (Å²) in [5.41, 5.74) is 0. The number of anilines is 1. The van der Waals surface area contributed by atoms with E-state index >= 15 is 0 Å². The van der Waals surface area contributed by atoms with Gasteiger partial charge >= 0.3 is 0 Å². The largest absolute Gasteiger partial charge is 0.477 e. The van der Waals surface area contributed by atoms with Crippen molar-refractivity contribution in [1.29, 1.82) is 0 Å². The van der Waals surface area contributed by atoms with Gasteiger partial charge in [0.15, 0.2) is 0 Å². The van der Waals surface area contributed by atoms with Crippen LogP contribution in [0.1, 0.15) is 13.8 Å². The van der Waals surface area contributed by atoms with Gasteiger partial charge < -0.3 is 10.1 Å². The molecule has 0 saturated carbocycles. The summed E-state index contributed by atoms with van der Waals surface area (Å²) in [6.07, 6.45) is 1.68. The first-order valence-corrected chi connectivity index (χ1v) is 4.36. The van der Waals surface area contributed by atoms with Gasteiger partial charge in [-0.15, -0.1) is 0 Å². The second kappa shape index (κ2) is 4.64. The van der Waals surface area contributed by atoms with Gasteiger partial charge in [-0.2, -0.15) is 4.98 Å². The molecule has 0 aromatic carbocycles. The lowest BCUT2D eigenvalue weighted by atomic mass is 10.2. The van der Waals surface area contributed by atoms with Gasteiger partial charge in [-0.05, 0) is 5.92 Å². The molecule has 1 rings (SSSR count). The lowest BCUT2D eigenvalue weighted by molar-refractivity contribution is 0.261. The van der Waals surface area contributed by atoms with Crippen LogP contribution in [0.25, 0.3) is 0 Å². The normalized spacial score (nSPS) is 10.2. The predicted octanol–water partition coefficient (Wildman–Crippen LogP) is 1.55. The molecule has 0 aliphatic heterocycles. The zero-order valence-corrected chi connectivity index (χ0v) is 8.24. The molecule has 0 radical (unpaired) electrons. The van der Waals surface area contributed by atoms with E-state index in [1.165, 1.54) is 0 Å². The van der Waals surface area contributed by atoms with Crippen molar-refractivity contribution in [3.63, 3.8) is 0 Å². The van der Waals surface area contributed by atoms with E-state index in [1.54, 1.807) is 19.3 Å². The molecule has 0 fully saturated rings. The Balaban J connectivity index is 2.56. The average Bonchev–Trinajstić information content (AvgIpc) is 2.15. The molecule has 0 bridgehead atoms. The molecule has 0 saturated heterocycles. The number of rotatable bonds is 4. The Bertz CT molecular complexity index is 263. The summed E-state index contributed by atoms with van der Waals surface area (Å²) in [5.74, 6) is 1.71. The highest BCUT2D eigenvalue weighted by Gasteiger charge is 1.99. The minimum atomic E-state index is 0.507. The second-order valence-corrected chi connectivity index (χ2v) is 3.17. The summed E-state index contributed by atoms with van der Waals surface area (Å²) >= 11 is 0. The van der Waals surface area contributed by atoms with Crippen molar-refractivity contribution in [2.45, 2.75) is 13.8 Å². The number of aromatic nitrogens is 2. The predicted molar refractivity (Wildman–Crippen MR) is 51.9 cm³/mol. The minimum Gasteiger partial charge on any atom is -0.477 e. The van der Waals surface area contributed by atoms with Crippen LogP contribution in [0.4, 0.5) is 5.95 Å². The Labute approximate surface area is 78.4 Å². The molecule has 0 aliphatic rings. The monoisotopic (exact) mass is 181 g/mol. The molecule has 0 unspecified atom stereocenters. The molecule has 0 amide bonds. The van der Waals surface area contributed by atoms with Crippen molar-refractivity contribution in [1.82, 2.24) is 9.97 Å². The Kier molecular flexibility index (Phi) is 3.49. The first kappa shape index (κ1) is 9.77.